The molecule has 1 aromatic rings. The highest BCUT2D eigenvalue weighted by Gasteiger charge is 2.07. The molecule has 1 heterocycles. The number of aryl methyl sites for hydroxylation is 3. The van der Waals surface area contributed by atoms with E-state index in [1.54, 1.807) is 0 Å². The van der Waals surface area contributed by atoms with E-state index in [0.717, 1.165) is 43.2 Å². The number of hydrogen-bond acceptors (Lipinski definition) is 3. The van der Waals surface area contributed by atoms with Crippen molar-refractivity contribution in [3.8, 4) is 0 Å². The maximum Gasteiger partial charge on any atom is 0.132 e. The lowest BCUT2D eigenvalue weighted by Gasteiger charge is -2.08. The smallest absolute Gasteiger partial charge is 0.132 e. The van der Waals surface area contributed by atoms with Gasteiger partial charge in [-0.15, -0.1) is 0 Å². The fourth-order valence-corrected chi connectivity index (χ4v) is 8.51. The van der Waals surface area contributed by atoms with E-state index in [2.05, 4.69) is 20.8 Å². The van der Waals surface area contributed by atoms with Crippen LogP contribution in [0.2, 0.25) is 0 Å². The fourth-order valence-electron chi connectivity index (χ4n) is 8.51. The van der Waals surface area contributed by atoms with Crippen LogP contribution in [0.1, 0.15) is 314 Å². The van der Waals surface area contributed by atoms with E-state index in [-0.39, 0.29) is 0 Å². The molecular formula is C52H101N3. The minimum Gasteiger partial charge on any atom is -0.218 e. The first kappa shape index (κ1) is 52.0. The second kappa shape index (κ2) is 44.1. The quantitative estimate of drug-likeness (QED) is 0.0620. The highest BCUT2D eigenvalue weighted by molar-refractivity contribution is 4.98. The number of nitrogens with zero attached hydrogens (tertiary/aromatic N) is 3. The third kappa shape index (κ3) is 38.3. The Labute approximate surface area is 347 Å². The van der Waals surface area contributed by atoms with Gasteiger partial charge in [-0.3, -0.25) is 0 Å². The predicted molar refractivity (Wildman–Crippen MR) is 246 cm³/mol. The minimum absolute atomic E-state index is 0.987. The summed E-state index contributed by atoms with van der Waals surface area (Å²) in [6.07, 6.45) is 64.3. The molecule has 0 saturated carbocycles. The zero-order valence-electron chi connectivity index (χ0n) is 38.4. The number of aromatic nitrogens is 3. The van der Waals surface area contributed by atoms with Gasteiger partial charge in [0.15, 0.2) is 0 Å². The number of hydrogen-bond donors (Lipinski definition) is 0. The molecule has 0 aromatic carbocycles. The molecule has 3 heteroatoms. The molecule has 0 aliphatic carbocycles. The Morgan fingerprint density at radius 3 is 0.527 bits per heavy atom. The molecule has 324 valence electrons. The normalized spacial score (nSPS) is 11.6. The van der Waals surface area contributed by atoms with E-state index in [1.807, 2.05) is 0 Å². The Morgan fingerprint density at radius 2 is 0.345 bits per heavy atom. The van der Waals surface area contributed by atoms with Crippen LogP contribution in [0, 0.1) is 0 Å². The highest BCUT2D eigenvalue weighted by Crippen LogP contribution is 2.18. The van der Waals surface area contributed by atoms with Gasteiger partial charge in [0.25, 0.3) is 0 Å². The highest BCUT2D eigenvalue weighted by atomic mass is 15.0. The lowest BCUT2D eigenvalue weighted by atomic mass is 10.0. The van der Waals surface area contributed by atoms with Crippen molar-refractivity contribution in [2.24, 2.45) is 0 Å². The van der Waals surface area contributed by atoms with Gasteiger partial charge in [-0.05, 0) is 19.3 Å². The van der Waals surface area contributed by atoms with Crippen LogP contribution in [0.5, 0.6) is 0 Å². The van der Waals surface area contributed by atoms with Crippen molar-refractivity contribution in [3.63, 3.8) is 0 Å². The summed E-state index contributed by atoms with van der Waals surface area (Å²) < 4.78 is 0. The van der Waals surface area contributed by atoms with Crippen molar-refractivity contribution in [2.75, 3.05) is 0 Å². The lowest BCUT2D eigenvalue weighted by Crippen LogP contribution is -2.08. The second-order valence-corrected chi connectivity index (χ2v) is 18.0. The molecule has 0 radical (unpaired) electrons. The number of rotatable bonds is 46. The summed E-state index contributed by atoms with van der Waals surface area (Å²) in [5, 5.41) is 0. The monoisotopic (exact) mass is 768 g/mol. The van der Waals surface area contributed by atoms with Gasteiger partial charge in [0, 0.05) is 19.3 Å². The first-order chi connectivity index (χ1) is 27.3. The third-order valence-corrected chi connectivity index (χ3v) is 12.3. The molecular weight excluding hydrogens is 667 g/mol. The van der Waals surface area contributed by atoms with E-state index in [0.29, 0.717) is 0 Å². The SMILES string of the molecule is CCCCCCCCCCCCCCCCCCCCCCCc1nc(CCC)nc(CCCCCCCCCCCCCCCCCCCCCCC)n1. The van der Waals surface area contributed by atoms with E-state index >= 15 is 0 Å². The molecule has 0 aliphatic heterocycles. The van der Waals surface area contributed by atoms with Gasteiger partial charge in [0.05, 0.1) is 0 Å². The van der Waals surface area contributed by atoms with Gasteiger partial charge in [0.1, 0.15) is 17.5 Å². The van der Waals surface area contributed by atoms with E-state index in [1.165, 1.54) is 270 Å². The van der Waals surface area contributed by atoms with Crippen LogP contribution >= 0.6 is 0 Å². The average molecular weight is 768 g/mol. The Balaban J connectivity index is 1.93. The Morgan fingerprint density at radius 1 is 0.182 bits per heavy atom. The molecule has 0 fully saturated rings. The van der Waals surface area contributed by atoms with Gasteiger partial charge in [0.2, 0.25) is 0 Å². The molecule has 0 atom stereocenters. The summed E-state index contributed by atoms with van der Waals surface area (Å²) in [7, 11) is 0. The zero-order chi connectivity index (χ0) is 39.4. The van der Waals surface area contributed by atoms with Gasteiger partial charge in [-0.25, -0.2) is 15.0 Å². The standard InChI is InChI=1S/C52H101N3/c1-4-7-9-11-13-15-17-19-21-23-25-27-29-31-33-35-37-39-41-43-45-48-51-53-50(47-6-3)54-52(55-51)49-46-44-42-40-38-36-34-32-30-28-26-24-22-20-18-16-14-12-10-8-5-2/h4-49H2,1-3H3. The largest absolute Gasteiger partial charge is 0.218 e. The molecule has 0 aliphatic rings. The summed E-state index contributed by atoms with van der Waals surface area (Å²) in [4.78, 5) is 14.7. The summed E-state index contributed by atoms with van der Waals surface area (Å²) in [6, 6.07) is 0. The maximum atomic E-state index is 4.94. The van der Waals surface area contributed by atoms with Crippen LogP contribution in [-0.2, 0) is 19.3 Å². The van der Waals surface area contributed by atoms with Crippen molar-refractivity contribution >= 4 is 0 Å². The van der Waals surface area contributed by atoms with Crippen molar-refractivity contribution in [1.29, 1.82) is 0 Å². The summed E-state index contributed by atoms with van der Waals surface area (Å²) in [5.74, 6) is 3.17. The number of unbranched alkanes of at least 4 members (excludes halogenated alkanes) is 40. The summed E-state index contributed by atoms with van der Waals surface area (Å²) >= 11 is 0. The van der Waals surface area contributed by atoms with Crippen LogP contribution in [0.25, 0.3) is 0 Å². The Kier molecular flexibility index (Phi) is 41.7. The molecule has 55 heavy (non-hydrogen) atoms. The van der Waals surface area contributed by atoms with Crippen LogP contribution in [0.15, 0.2) is 0 Å². The zero-order valence-corrected chi connectivity index (χ0v) is 38.4. The molecule has 1 rings (SSSR count). The average Bonchev–Trinajstić information content (AvgIpc) is 3.19. The van der Waals surface area contributed by atoms with Crippen molar-refractivity contribution in [2.45, 2.75) is 316 Å². The van der Waals surface area contributed by atoms with Crippen LogP contribution in [-0.4, -0.2) is 15.0 Å². The van der Waals surface area contributed by atoms with Crippen molar-refractivity contribution < 1.29 is 0 Å². The fraction of sp³-hybridized carbons (Fsp3) is 0.942. The molecule has 1 aromatic heterocycles. The minimum atomic E-state index is 0.987. The van der Waals surface area contributed by atoms with E-state index in [9.17, 15) is 0 Å². The summed E-state index contributed by atoms with van der Waals surface area (Å²) in [6.45, 7) is 6.85. The molecule has 3 nitrogen and oxygen atoms in total. The van der Waals surface area contributed by atoms with Crippen molar-refractivity contribution in [3.05, 3.63) is 17.5 Å². The first-order valence-electron chi connectivity index (χ1n) is 26.0. The van der Waals surface area contributed by atoms with E-state index in [4.69, 9.17) is 15.0 Å². The molecule has 0 N–H and O–H groups in total. The van der Waals surface area contributed by atoms with Crippen LogP contribution < -0.4 is 0 Å². The van der Waals surface area contributed by atoms with Gasteiger partial charge < -0.3 is 0 Å². The molecule has 0 saturated heterocycles. The molecule has 0 spiro atoms. The van der Waals surface area contributed by atoms with E-state index < -0.39 is 0 Å². The maximum absolute atomic E-state index is 4.94. The van der Waals surface area contributed by atoms with Crippen molar-refractivity contribution in [1.82, 2.24) is 15.0 Å². The van der Waals surface area contributed by atoms with Crippen LogP contribution in [0.4, 0.5) is 0 Å². The third-order valence-electron chi connectivity index (χ3n) is 12.3. The van der Waals surface area contributed by atoms with Gasteiger partial charge in [-0.2, -0.15) is 0 Å². The van der Waals surface area contributed by atoms with Gasteiger partial charge >= 0.3 is 0 Å². The topological polar surface area (TPSA) is 38.7 Å². The first-order valence-corrected chi connectivity index (χ1v) is 26.0. The van der Waals surface area contributed by atoms with Crippen LogP contribution in [0.3, 0.4) is 0 Å². The molecule has 0 unspecified atom stereocenters. The molecule has 0 bridgehead atoms. The van der Waals surface area contributed by atoms with Gasteiger partial charge in [-0.1, -0.05) is 278 Å². The Hall–Kier alpha value is -0.990. The lowest BCUT2D eigenvalue weighted by molar-refractivity contribution is 0.519. The Bertz CT molecular complexity index is 804. The molecule has 0 amide bonds. The predicted octanol–water partition coefficient (Wildman–Crippen LogP) is 18.3. The summed E-state index contributed by atoms with van der Waals surface area (Å²) in [5.41, 5.74) is 0. The second-order valence-electron chi connectivity index (χ2n) is 18.0.